The SMILES string of the molecule is N#CC1C=C(OC2CC2)C=NC1I. The van der Waals surface area contributed by atoms with Crippen molar-refractivity contribution in [1.82, 2.24) is 0 Å². The molecule has 0 aromatic rings. The van der Waals surface area contributed by atoms with E-state index < -0.39 is 0 Å². The molecule has 3 nitrogen and oxygen atoms in total. The summed E-state index contributed by atoms with van der Waals surface area (Å²) < 4.78 is 5.58. The van der Waals surface area contributed by atoms with Crippen LogP contribution in [0, 0.1) is 17.2 Å². The molecule has 1 fully saturated rings. The summed E-state index contributed by atoms with van der Waals surface area (Å²) in [6.45, 7) is 0. The maximum atomic E-state index is 8.80. The maximum absolute atomic E-state index is 8.80. The molecule has 2 unspecified atom stereocenters. The molecule has 13 heavy (non-hydrogen) atoms. The number of alkyl halides is 1. The van der Waals surface area contributed by atoms with Gasteiger partial charge in [-0.3, -0.25) is 4.99 Å². The summed E-state index contributed by atoms with van der Waals surface area (Å²) in [5.74, 6) is 0.626. The highest BCUT2D eigenvalue weighted by molar-refractivity contribution is 14.1. The van der Waals surface area contributed by atoms with Gasteiger partial charge in [-0.2, -0.15) is 5.26 Å². The fourth-order valence-corrected chi connectivity index (χ4v) is 1.61. The lowest BCUT2D eigenvalue weighted by molar-refractivity contribution is 0.214. The molecule has 0 saturated heterocycles. The van der Waals surface area contributed by atoms with Gasteiger partial charge in [0, 0.05) is 0 Å². The molecule has 0 amide bonds. The van der Waals surface area contributed by atoms with Crippen LogP contribution in [0.2, 0.25) is 0 Å². The smallest absolute Gasteiger partial charge is 0.134 e. The molecule has 0 aromatic heterocycles. The van der Waals surface area contributed by atoms with Gasteiger partial charge in [-0.15, -0.1) is 0 Å². The lowest BCUT2D eigenvalue weighted by Crippen LogP contribution is -2.14. The predicted octanol–water partition coefficient (Wildman–Crippen LogP) is 2.03. The zero-order valence-electron chi connectivity index (χ0n) is 6.98. The monoisotopic (exact) mass is 288 g/mol. The lowest BCUT2D eigenvalue weighted by atomic mass is 10.1. The van der Waals surface area contributed by atoms with Crippen LogP contribution in [-0.2, 0) is 4.74 Å². The largest absolute Gasteiger partial charge is 0.489 e. The second-order valence-electron chi connectivity index (χ2n) is 3.19. The van der Waals surface area contributed by atoms with Crippen molar-refractivity contribution >= 4 is 28.8 Å². The third-order valence-corrected chi connectivity index (χ3v) is 3.06. The van der Waals surface area contributed by atoms with Crippen molar-refractivity contribution in [3.8, 4) is 6.07 Å². The van der Waals surface area contributed by atoms with Crippen LogP contribution in [0.15, 0.2) is 16.8 Å². The van der Waals surface area contributed by atoms with E-state index in [1.165, 1.54) is 0 Å². The van der Waals surface area contributed by atoms with E-state index in [4.69, 9.17) is 10.00 Å². The Labute approximate surface area is 90.6 Å². The van der Waals surface area contributed by atoms with Crippen LogP contribution in [0.5, 0.6) is 0 Å². The third-order valence-electron chi connectivity index (χ3n) is 1.96. The lowest BCUT2D eigenvalue weighted by Gasteiger charge is -2.15. The Balaban J connectivity index is 2.03. The molecule has 0 radical (unpaired) electrons. The van der Waals surface area contributed by atoms with Gasteiger partial charge < -0.3 is 4.74 Å². The minimum Gasteiger partial charge on any atom is -0.489 e. The minimum absolute atomic E-state index is 0.0363. The van der Waals surface area contributed by atoms with Gasteiger partial charge in [-0.05, 0) is 18.9 Å². The Morgan fingerprint density at radius 1 is 1.62 bits per heavy atom. The Bertz CT molecular complexity index is 301. The summed E-state index contributed by atoms with van der Waals surface area (Å²) in [7, 11) is 0. The molecule has 1 aliphatic heterocycles. The normalized spacial score (nSPS) is 32.2. The first-order valence-electron chi connectivity index (χ1n) is 4.25. The molecule has 2 rings (SSSR count). The zero-order chi connectivity index (χ0) is 9.26. The summed E-state index contributed by atoms with van der Waals surface area (Å²) in [6.07, 6.45) is 6.24. The number of dihydropyridines is 1. The van der Waals surface area contributed by atoms with Gasteiger partial charge in [0.2, 0.25) is 0 Å². The number of halogens is 1. The zero-order valence-corrected chi connectivity index (χ0v) is 9.14. The quantitative estimate of drug-likeness (QED) is 0.443. The number of nitriles is 1. The van der Waals surface area contributed by atoms with Gasteiger partial charge in [0.15, 0.2) is 0 Å². The Kier molecular flexibility index (Phi) is 2.54. The van der Waals surface area contributed by atoms with Gasteiger partial charge in [-0.1, -0.05) is 22.6 Å². The summed E-state index contributed by atoms with van der Waals surface area (Å²) in [5, 5.41) is 8.80. The highest BCUT2D eigenvalue weighted by Gasteiger charge is 2.26. The van der Waals surface area contributed by atoms with Crippen molar-refractivity contribution in [3.63, 3.8) is 0 Å². The summed E-state index contributed by atoms with van der Waals surface area (Å²) in [6, 6.07) is 2.20. The maximum Gasteiger partial charge on any atom is 0.134 e. The van der Waals surface area contributed by atoms with Crippen LogP contribution in [0.1, 0.15) is 12.8 Å². The van der Waals surface area contributed by atoms with E-state index in [9.17, 15) is 0 Å². The van der Waals surface area contributed by atoms with Crippen molar-refractivity contribution in [2.45, 2.75) is 23.0 Å². The highest BCUT2D eigenvalue weighted by Crippen LogP contribution is 2.28. The van der Waals surface area contributed by atoms with E-state index in [-0.39, 0.29) is 9.97 Å². The molecular weight excluding hydrogens is 279 g/mol. The number of allylic oxidation sites excluding steroid dienone is 1. The third kappa shape index (κ3) is 2.21. The first kappa shape index (κ1) is 9.00. The molecule has 0 spiro atoms. The average molecular weight is 288 g/mol. The number of ether oxygens (including phenoxy) is 1. The van der Waals surface area contributed by atoms with Gasteiger partial charge in [0.1, 0.15) is 9.81 Å². The van der Waals surface area contributed by atoms with Gasteiger partial charge in [-0.25, -0.2) is 0 Å². The number of nitrogens with zero attached hydrogens (tertiary/aromatic N) is 2. The molecule has 68 valence electrons. The number of aliphatic imine (C=N–C) groups is 1. The van der Waals surface area contributed by atoms with Gasteiger partial charge in [0.05, 0.1) is 24.3 Å². The van der Waals surface area contributed by atoms with Crippen LogP contribution >= 0.6 is 22.6 Å². The van der Waals surface area contributed by atoms with Gasteiger partial charge in [0.25, 0.3) is 0 Å². The van der Waals surface area contributed by atoms with E-state index in [2.05, 4.69) is 33.7 Å². The molecule has 0 N–H and O–H groups in total. The predicted molar refractivity (Wildman–Crippen MR) is 57.6 cm³/mol. The second-order valence-corrected chi connectivity index (χ2v) is 4.47. The number of hydrogen-bond acceptors (Lipinski definition) is 3. The molecule has 0 bridgehead atoms. The average Bonchev–Trinajstić information content (AvgIpc) is 2.92. The first-order valence-corrected chi connectivity index (χ1v) is 5.49. The van der Waals surface area contributed by atoms with Crippen molar-refractivity contribution in [2.24, 2.45) is 10.9 Å². The fourth-order valence-electron chi connectivity index (χ4n) is 1.08. The molecule has 0 aromatic carbocycles. The Morgan fingerprint density at radius 2 is 2.38 bits per heavy atom. The van der Waals surface area contributed by atoms with E-state index in [1.54, 1.807) is 6.21 Å². The summed E-state index contributed by atoms with van der Waals surface area (Å²) in [5.41, 5.74) is 0. The van der Waals surface area contributed by atoms with Crippen molar-refractivity contribution in [2.75, 3.05) is 0 Å². The number of hydrogen-bond donors (Lipinski definition) is 0. The standard InChI is InChI=1S/C9H9IN2O/c10-9-6(4-11)3-8(5-12-9)13-7-1-2-7/h3,5-7,9H,1-2H2. The van der Waals surface area contributed by atoms with Crippen LogP contribution < -0.4 is 0 Å². The van der Waals surface area contributed by atoms with Crippen LogP contribution in [0.4, 0.5) is 0 Å². The van der Waals surface area contributed by atoms with E-state index >= 15 is 0 Å². The molecule has 2 atom stereocenters. The Hall–Kier alpha value is -0.570. The second kappa shape index (κ2) is 3.66. The van der Waals surface area contributed by atoms with Crippen LogP contribution in [0.3, 0.4) is 0 Å². The number of rotatable bonds is 2. The van der Waals surface area contributed by atoms with E-state index in [0.717, 1.165) is 18.6 Å². The fraction of sp³-hybridized carbons (Fsp3) is 0.556. The molecule has 1 heterocycles. The Morgan fingerprint density at radius 3 is 3.00 bits per heavy atom. The van der Waals surface area contributed by atoms with Crippen LogP contribution in [-0.4, -0.2) is 16.4 Å². The van der Waals surface area contributed by atoms with Gasteiger partial charge >= 0.3 is 0 Å². The van der Waals surface area contributed by atoms with E-state index in [0.29, 0.717) is 6.10 Å². The first-order chi connectivity index (χ1) is 6.29. The molecule has 1 saturated carbocycles. The van der Waals surface area contributed by atoms with Crippen molar-refractivity contribution in [1.29, 1.82) is 5.26 Å². The summed E-state index contributed by atoms with van der Waals surface area (Å²) in [4.78, 5) is 4.19. The molecule has 2 aliphatic rings. The highest BCUT2D eigenvalue weighted by atomic mass is 127. The summed E-state index contributed by atoms with van der Waals surface area (Å²) >= 11 is 2.16. The van der Waals surface area contributed by atoms with E-state index in [1.807, 2.05) is 6.08 Å². The molecule has 4 heteroatoms. The molecular formula is C9H9IN2O. The molecule has 1 aliphatic carbocycles. The minimum atomic E-state index is -0.139. The van der Waals surface area contributed by atoms with Crippen molar-refractivity contribution < 1.29 is 4.74 Å². The van der Waals surface area contributed by atoms with Crippen molar-refractivity contribution in [3.05, 3.63) is 11.8 Å². The van der Waals surface area contributed by atoms with Crippen LogP contribution in [0.25, 0.3) is 0 Å². The topological polar surface area (TPSA) is 45.4 Å².